The normalized spacial score (nSPS) is 11.3. The minimum absolute atomic E-state index is 0. The van der Waals surface area contributed by atoms with Crippen LogP contribution in [0.25, 0.3) is 0 Å². The fourth-order valence-corrected chi connectivity index (χ4v) is 0.253. The van der Waals surface area contributed by atoms with Gasteiger partial charge in [-0.05, 0) is 0 Å². The molecule has 1 radical (unpaired) electrons. The minimum atomic E-state index is -1.79. The quantitative estimate of drug-likeness (QED) is 0.511. The van der Waals surface area contributed by atoms with Crippen molar-refractivity contribution < 1.29 is 50.8 Å². The van der Waals surface area contributed by atoms with Gasteiger partial charge in [0.2, 0.25) is 0 Å². The van der Waals surface area contributed by atoms with E-state index in [2.05, 4.69) is 0 Å². The first-order chi connectivity index (χ1) is 4.04. The van der Waals surface area contributed by atoms with E-state index >= 15 is 0 Å². The van der Waals surface area contributed by atoms with Crippen molar-refractivity contribution in [2.75, 3.05) is 0 Å². The third-order valence-corrected chi connectivity index (χ3v) is 0.653. The zero-order chi connectivity index (χ0) is 7.44. The summed E-state index contributed by atoms with van der Waals surface area (Å²) in [6.45, 7) is 0. The molecule has 0 fully saturated rings. The summed E-state index contributed by atoms with van der Waals surface area (Å²) in [5, 5.41) is 24.1. The van der Waals surface area contributed by atoms with E-state index in [9.17, 15) is 9.59 Å². The van der Waals surface area contributed by atoms with E-state index in [4.69, 9.17) is 15.3 Å². The first kappa shape index (κ1) is 12.4. The van der Waals surface area contributed by atoms with E-state index in [1.165, 1.54) is 0 Å². The smallest absolute Gasteiger partial charge is 0.333 e. The molecule has 55 valence electrons. The van der Waals surface area contributed by atoms with Gasteiger partial charge in [0.1, 0.15) is 0 Å². The summed E-state index contributed by atoms with van der Waals surface area (Å²) in [4.78, 5) is 19.4. The van der Waals surface area contributed by atoms with Crippen LogP contribution in [0, 0.1) is 0 Å². The maximum atomic E-state index is 9.72. The van der Waals surface area contributed by atoms with E-state index in [-0.39, 0.29) is 25.8 Å². The Morgan fingerprint density at radius 1 is 1.30 bits per heavy atom. The molecular weight excluding hydrogens is 173 g/mol. The van der Waals surface area contributed by atoms with Crippen molar-refractivity contribution in [1.82, 2.24) is 0 Å². The summed E-state index contributed by atoms with van der Waals surface area (Å²) in [5.41, 5.74) is 0. The first-order valence-corrected chi connectivity index (χ1v) is 2.16. The van der Waals surface area contributed by atoms with Crippen LogP contribution in [0.5, 0.6) is 0 Å². The van der Waals surface area contributed by atoms with Gasteiger partial charge >= 0.3 is 11.9 Å². The van der Waals surface area contributed by atoms with E-state index in [1.54, 1.807) is 0 Å². The van der Waals surface area contributed by atoms with Crippen LogP contribution in [-0.2, 0) is 35.4 Å². The molecule has 10 heavy (non-hydrogen) atoms. The number of aliphatic carboxylic acids is 2. The van der Waals surface area contributed by atoms with Crippen molar-refractivity contribution in [3.05, 3.63) is 0 Å². The van der Waals surface area contributed by atoms with Gasteiger partial charge in [-0.2, -0.15) is 0 Å². The van der Waals surface area contributed by atoms with Gasteiger partial charge in [-0.3, -0.25) is 4.79 Å². The van der Waals surface area contributed by atoms with Crippen LogP contribution < -0.4 is 0 Å². The topological polar surface area (TPSA) is 94.8 Å². The van der Waals surface area contributed by atoms with Gasteiger partial charge in [-0.1, -0.05) is 0 Å². The van der Waals surface area contributed by atoms with Crippen molar-refractivity contribution >= 4 is 11.9 Å². The summed E-state index contributed by atoms with van der Waals surface area (Å²) in [6.07, 6.45) is -2.54. The molecule has 6 heteroatoms. The molecule has 1 unspecified atom stereocenters. The Balaban J connectivity index is 0. The Labute approximate surface area is 75.4 Å². The van der Waals surface area contributed by atoms with Gasteiger partial charge in [0.05, 0.1) is 6.42 Å². The Morgan fingerprint density at radius 2 is 1.70 bits per heavy atom. The molecule has 0 rings (SSSR count). The molecule has 0 amide bonds. The van der Waals surface area contributed by atoms with Crippen LogP contribution in [0.3, 0.4) is 0 Å². The number of rotatable bonds is 3. The number of carboxylic acid groups (broad SMARTS) is 2. The molecule has 0 aromatic carbocycles. The zero-order valence-corrected chi connectivity index (χ0v) is 6.82. The third kappa shape index (κ3) is 5.90. The second kappa shape index (κ2) is 5.55. The SMILES string of the molecule is O=C(O)CC(O)C(=O)O.[Sc]. The standard InChI is InChI=1S/C4H6O5.Sc/c5-2(4(8)9)1-3(6)7;/h2,5H,1H2,(H,6,7)(H,8,9);. The molecule has 0 aliphatic carbocycles. The Bertz CT molecular complexity index is 134. The molecule has 0 heterocycles. The van der Waals surface area contributed by atoms with Crippen LogP contribution in [0.2, 0.25) is 0 Å². The van der Waals surface area contributed by atoms with Gasteiger partial charge in [-0.15, -0.1) is 0 Å². The van der Waals surface area contributed by atoms with Crippen LogP contribution in [0.1, 0.15) is 6.42 Å². The Morgan fingerprint density at radius 3 is 1.80 bits per heavy atom. The maximum Gasteiger partial charge on any atom is 0.333 e. The number of hydrogen-bond donors (Lipinski definition) is 3. The van der Waals surface area contributed by atoms with Gasteiger partial charge in [-0.25, -0.2) is 4.79 Å². The van der Waals surface area contributed by atoms with Crippen molar-refractivity contribution in [2.45, 2.75) is 12.5 Å². The summed E-state index contributed by atoms with van der Waals surface area (Å²) in [5.74, 6) is -2.85. The van der Waals surface area contributed by atoms with Crippen molar-refractivity contribution in [2.24, 2.45) is 0 Å². The second-order valence-electron chi connectivity index (χ2n) is 1.45. The van der Waals surface area contributed by atoms with E-state index in [0.29, 0.717) is 0 Å². The number of carbonyl (C=O) groups is 2. The molecule has 5 nitrogen and oxygen atoms in total. The van der Waals surface area contributed by atoms with E-state index in [0.717, 1.165) is 0 Å². The molecule has 1 atom stereocenters. The van der Waals surface area contributed by atoms with Gasteiger partial charge in [0.25, 0.3) is 0 Å². The molecule has 0 saturated carbocycles. The fraction of sp³-hybridized carbons (Fsp3) is 0.500. The molecule has 3 N–H and O–H groups in total. The van der Waals surface area contributed by atoms with Crippen LogP contribution in [0.4, 0.5) is 0 Å². The molecule has 0 aliphatic heterocycles. The molecule has 0 aromatic heterocycles. The first-order valence-electron chi connectivity index (χ1n) is 2.16. The van der Waals surface area contributed by atoms with Crippen molar-refractivity contribution in [1.29, 1.82) is 0 Å². The van der Waals surface area contributed by atoms with Gasteiger partial charge < -0.3 is 15.3 Å². The summed E-state index contributed by atoms with van der Waals surface area (Å²) in [7, 11) is 0. The summed E-state index contributed by atoms with van der Waals surface area (Å²) in [6, 6.07) is 0. The number of hydrogen-bond acceptors (Lipinski definition) is 3. The molecule has 0 saturated heterocycles. The average Bonchev–Trinajstić information content (AvgIpc) is 1.63. The van der Waals surface area contributed by atoms with Crippen molar-refractivity contribution in [3.63, 3.8) is 0 Å². The molecule has 0 bridgehead atoms. The molecule has 0 aromatic rings. The van der Waals surface area contributed by atoms with Crippen molar-refractivity contribution in [3.8, 4) is 0 Å². The predicted octanol–water partition coefficient (Wildman–Crippen LogP) is -1.10. The number of carboxylic acids is 2. The largest absolute Gasteiger partial charge is 0.481 e. The summed E-state index contributed by atoms with van der Waals surface area (Å²) < 4.78 is 0. The van der Waals surface area contributed by atoms with Crippen LogP contribution >= 0.6 is 0 Å². The van der Waals surface area contributed by atoms with Gasteiger partial charge in [0, 0.05) is 25.8 Å². The average molecular weight is 179 g/mol. The Kier molecular flexibility index (Phi) is 6.90. The second-order valence-corrected chi connectivity index (χ2v) is 1.45. The third-order valence-electron chi connectivity index (χ3n) is 0.653. The van der Waals surface area contributed by atoms with E-state index < -0.39 is 24.5 Å². The maximum absolute atomic E-state index is 9.72. The summed E-state index contributed by atoms with van der Waals surface area (Å²) >= 11 is 0. The van der Waals surface area contributed by atoms with E-state index in [1.807, 2.05) is 0 Å². The zero-order valence-electron chi connectivity index (χ0n) is 5.02. The molecule has 0 spiro atoms. The fourth-order valence-electron chi connectivity index (χ4n) is 0.253. The minimum Gasteiger partial charge on any atom is -0.481 e. The number of aliphatic hydroxyl groups excluding tert-OH is 1. The molecule has 0 aliphatic rings. The molecular formula is C4H6O5Sc. The number of aliphatic hydroxyl groups is 1. The monoisotopic (exact) mass is 179 g/mol. The Hall–Kier alpha value is -0.230. The van der Waals surface area contributed by atoms with Crippen LogP contribution in [-0.4, -0.2) is 33.4 Å². The van der Waals surface area contributed by atoms with Crippen LogP contribution in [0.15, 0.2) is 0 Å². The predicted molar refractivity (Wildman–Crippen MR) is 25.9 cm³/mol. The van der Waals surface area contributed by atoms with Gasteiger partial charge in [0.15, 0.2) is 6.10 Å².